The van der Waals surface area contributed by atoms with Crippen LogP contribution in [0.1, 0.15) is 10.4 Å². The topological polar surface area (TPSA) is 68.0 Å². The second-order valence-corrected chi connectivity index (χ2v) is 6.11. The number of benzene rings is 2. The van der Waals surface area contributed by atoms with E-state index in [4.69, 9.17) is 4.52 Å². The standard InChI is InChI=1S/C22H16FN3O2/c1-2-12-24-21(27)16-13-18(14-8-4-3-5-9-14)25-22-19(16)20(26-28-22)15-10-6-7-11-17(15)23/h2-11,13H,1,12H2,(H,24,27). The van der Waals surface area contributed by atoms with E-state index in [-0.39, 0.29) is 22.9 Å². The van der Waals surface area contributed by atoms with E-state index in [1.165, 1.54) is 6.07 Å². The first-order valence-electron chi connectivity index (χ1n) is 8.69. The van der Waals surface area contributed by atoms with E-state index in [0.29, 0.717) is 23.2 Å². The third-order valence-corrected chi connectivity index (χ3v) is 4.30. The number of nitrogens with zero attached hydrogens (tertiary/aromatic N) is 2. The van der Waals surface area contributed by atoms with Gasteiger partial charge in [-0.2, -0.15) is 0 Å². The Balaban J connectivity index is 1.96. The van der Waals surface area contributed by atoms with Crippen LogP contribution in [-0.2, 0) is 0 Å². The van der Waals surface area contributed by atoms with Crippen LogP contribution in [0.3, 0.4) is 0 Å². The monoisotopic (exact) mass is 373 g/mol. The Morgan fingerprint density at radius 2 is 1.89 bits per heavy atom. The Hall–Kier alpha value is -3.80. The molecule has 0 aliphatic heterocycles. The Kier molecular flexibility index (Phi) is 4.68. The van der Waals surface area contributed by atoms with Crippen LogP contribution in [0.2, 0.25) is 0 Å². The highest BCUT2D eigenvalue weighted by atomic mass is 19.1. The Morgan fingerprint density at radius 3 is 2.64 bits per heavy atom. The number of amides is 1. The van der Waals surface area contributed by atoms with Gasteiger partial charge in [-0.15, -0.1) is 6.58 Å². The number of halogens is 1. The minimum atomic E-state index is -0.456. The van der Waals surface area contributed by atoms with Crippen molar-refractivity contribution in [3.63, 3.8) is 0 Å². The highest BCUT2D eigenvalue weighted by Crippen LogP contribution is 2.33. The molecule has 0 radical (unpaired) electrons. The van der Waals surface area contributed by atoms with Crippen molar-refractivity contribution in [2.75, 3.05) is 6.54 Å². The largest absolute Gasteiger partial charge is 0.349 e. The van der Waals surface area contributed by atoms with Gasteiger partial charge < -0.3 is 9.84 Å². The maximum Gasteiger partial charge on any atom is 0.259 e. The number of hydrogen-bond donors (Lipinski definition) is 1. The summed E-state index contributed by atoms with van der Waals surface area (Å²) in [6.07, 6.45) is 1.58. The van der Waals surface area contributed by atoms with Crippen molar-refractivity contribution in [3.05, 3.63) is 84.7 Å². The predicted molar refractivity (Wildman–Crippen MR) is 105 cm³/mol. The number of carbonyl (C=O) groups excluding carboxylic acids is 1. The summed E-state index contributed by atoms with van der Waals surface area (Å²) in [4.78, 5) is 17.3. The van der Waals surface area contributed by atoms with Crippen LogP contribution in [-0.4, -0.2) is 22.6 Å². The number of hydrogen-bond acceptors (Lipinski definition) is 4. The second-order valence-electron chi connectivity index (χ2n) is 6.11. The van der Waals surface area contributed by atoms with Crippen LogP contribution in [0.5, 0.6) is 0 Å². The summed E-state index contributed by atoms with van der Waals surface area (Å²) in [5.41, 5.74) is 2.35. The molecular weight excluding hydrogens is 357 g/mol. The summed E-state index contributed by atoms with van der Waals surface area (Å²) in [5, 5.41) is 7.13. The molecule has 1 N–H and O–H groups in total. The van der Waals surface area contributed by atoms with Crippen LogP contribution < -0.4 is 5.32 Å². The molecule has 0 saturated carbocycles. The van der Waals surface area contributed by atoms with E-state index >= 15 is 0 Å². The lowest BCUT2D eigenvalue weighted by atomic mass is 10.0. The van der Waals surface area contributed by atoms with E-state index in [1.54, 1.807) is 30.3 Å². The zero-order valence-electron chi connectivity index (χ0n) is 14.9. The zero-order chi connectivity index (χ0) is 19.5. The average Bonchev–Trinajstić information content (AvgIpc) is 3.16. The van der Waals surface area contributed by atoms with Crippen LogP contribution in [0, 0.1) is 5.82 Å². The third kappa shape index (κ3) is 3.16. The quantitative estimate of drug-likeness (QED) is 0.519. The van der Waals surface area contributed by atoms with Crippen LogP contribution in [0.25, 0.3) is 33.6 Å². The number of nitrogens with one attached hydrogen (secondary N) is 1. The number of aromatic nitrogens is 2. The number of pyridine rings is 1. The summed E-state index contributed by atoms with van der Waals surface area (Å²) < 4.78 is 19.7. The summed E-state index contributed by atoms with van der Waals surface area (Å²) in [5.74, 6) is -0.799. The Morgan fingerprint density at radius 1 is 1.14 bits per heavy atom. The van der Waals surface area contributed by atoms with Gasteiger partial charge in [0.2, 0.25) is 0 Å². The fourth-order valence-corrected chi connectivity index (χ4v) is 2.98. The molecule has 0 bridgehead atoms. The average molecular weight is 373 g/mol. The number of carbonyl (C=O) groups is 1. The zero-order valence-corrected chi connectivity index (χ0v) is 14.9. The summed E-state index contributed by atoms with van der Waals surface area (Å²) in [6, 6.07) is 17.3. The van der Waals surface area contributed by atoms with Crippen molar-refractivity contribution in [1.29, 1.82) is 0 Å². The molecule has 4 rings (SSSR count). The minimum Gasteiger partial charge on any atom is -0.349 e. The Bertz CT molecular complexity index is 1170. The molecule has 0 fully saturated rings. The van der Waals surface area contributed by atoms with Crippen molar-refractivity contribution >= 4 is 17.0 Å². The van der Waals surface area contributed by atoms with Gasteiger partial charge in [-0.05, 0) is 18.2 Å². The molecule has 0 aliphatic rings. The fourth-order valence-electron chi connectivity index (χ4n) is 2.98. The van der Waals surface area contributed by atoms with Gasteiger partial charge in [0.05, 0.1) is 16.6 Å². The predicted octanol–water partition coefficient (Wildman–Crippen LogP) is 4.61. The van der Waals surface area contributed by atoms with Crippen molar-refractivity contribution in [1.82, 2.24) is 15.5 Å². The van der Waals surface area contributed by atoms with Crippen LogP contribution >= 0.6 is 0 Å². The lowest BCUT2D eigenvalue weighted by molar-refractivity contribution is 0.0959. The first kappa shape index (κ1) is 17.6. The molecule has 5 nitrogen and oxygen atoms in total. The van der Waals surface area contributed by atoms with Gasteiger partial charge in [-0.1, -0.05) is 53.7 Å². The number of rotatable bonds is 5. The normalized spacial score (nSPS) is 10.8. The van der Waals surface area contributed by atoms with Gasteiger partial charge in [-0.25, -0.2) is 9.37 Å². The number of fused-ring (bicyclic) bond motifs is 1. The smallest absolute Gasteiger partial charge is 0.259 e. The highest BCUT2D eigenvalue weighted by Gasteiger charge is 2.23. The molecule has 6 heteroatoms. The van der Waals surface area contributed by atoms with Crippen LogP contribution in [0.4, 0.5) is 4.39 Å². The van der Waals surface area contributed by atoms with Crippen molar-refractivity contribution in [3.8, 4) is 22.5 Å². The molecule has 2 aromatic carbocycles. The van der Waals surface area contributed by atoms with Gasteiger partial charge in [0.15, 0.2) is 0 Å². The minimum absolute atomic E-state index is 0.170. The van der Waals surface area contributed by atoms with Crippen molar-refractivity contribution in [2.45, 2.75) is 0 Å². The van der Waals surface area contributed by atoms with E-state index in [2.05, 4.69) is 22.0 Å². The SMILES string of the molecule is C=CCNC(=O)c1cc(-c2ccccc2)nc2onc(-c3ccccc3F)c12. The van der Waals surface area contributed by atoms with Gasteiger partial charge in [-0.3, -0.25) is 4.79 Å². The van der Waals surface area contributed by atoms with E-state index in [1.807, 2.05) is 30.3 Å². The van der Waals surface area contributed by atoms with Crippen LogP contribution in [0.15, 0.2) is 77.8 Å². The summed E-state index contributed by atoms with van der Waals surface area (Å²) in [6.45, 7) is 3.91. The second kappa shape index (κ2) is 7.44. The lowest BCUT2D eigenvalue weighted by Gasteiger charge is -2.08. The third-order valence-electron chi connectivity index (χ3n) is 4.30. The molecule has 0 unspecified atom stereocenters. The summed E-state index contributed by atoms with van der Waals surface area (Å²) >= 11 is 0. The molecule has 0 atom stereocenters. The molecule has 28 heavy (non-hydrogen) atoms. The van der Waals surface area contributed by atoms with Crippen molar-refractivity contribution < 1.29 is 13.7 Å². The maximum atomic E-state index is 14.3. The first-order valence-corrected chi connectivity index (χ1v) is 8.69. The van der Waals surface area contributed by atoms with E-state index < -0.39 is 5.82 Å². The molecule has 138 valence electrons. The van der Waals surface area contributed by atoms with Gasteiger partial charge >= 0.3 is 0 Å². The van der Waals surface area contributed by atoms with Gasteiger partial charge in [0, 0.05) is 17.7 Å². The molecule has 0 spiro atoms. The Labute approximate surface area is 160 Å². The van der Waals surface area contributed by atoms with Gasteiger partial charge in [0.1, 0.15) is 11.5 Å². The first-order chi connectivity index (χ1) is 13.7. The molecule has 4 aromatic rings. The molecule has 0 saturated heterocycles. The molecular formula is C22H16FN3O2. The maximum absolute atomic E-state index is 14.3. The highest BCUT2D eigenvalue weighted by molar-refractivity contribution is 6.10. The molecule has 2 aromatic heterocycles. The summed E-state index contributed by atoms with van der Waals surface area (Å²) in [7, 11) is 0. The fraction of sp³-hybridized carbons (Fsp3) is 0.0455. The molecule has 0 aliphatic carbocycles. The lowest BCUT2D eigenvalue weighted by Crippen LogP contribution is -2.23. The molecule has 2 heterocycles. The van der Waals surface area contributed by atoms with E-state index in [9.17, 15) is 9.18 Å². The van der Waals surface area contributed by atoms with E-state index in [0.717, 1.165) is 5.56 Å². The molecule has 1 amide bonds. The van der Waals surface area contributed by atoms with Gasteiger partial charge in [0.25, 0.3) is 11.6 Å². The van der Waals surface area contributed by atoms with Crippen molar-refractivity contribution in [2.24, 2.45) is 0 Å².